The normalized spacial score (nSPS) is 36.3. The molecule has 4 heteroatoms. The minimum atomic E-state index is -0.142. The second-order valence-electron chi connectivity index (χ2n) is 6.93. The van der Waals surface area contributed by atoms with E-state index in [2.05, 4.69) is 12.2 Å². The molecular formula is C18H17NO3. The molecule has 4 aliphatic rings. The number of carbonyl (C=O) groups is 2. The van der Waals surface area contributed by atoms with Crippen molar-refractivity contribution in [2.24, 2.45) is 29.1 Å². The molecule has 22 heavy (non-hydrogen) atoms. The number of amides is 2. The average molecular weight is 295 g/mol. The maximum Gasteiger partial charge on any atom is 0.238 e. The lowest BCUT2D eigenvalue weighted by atomic mass is 9.85. The van der Waals surface area contributed by atoms with Crippen LogP contribution in [0.4, 0.5) is 5.69 Å². The number of hydrogen-bond acceptors (Lipinski definition) is 3. The Hall–Kier alpha value is -2.10. The van der Waals surface area contributed by atoms with Crippen LogP contribution in [0, 0.1) is 29.1 Å². The summed E-state index contributed by atoms with van der Waals surface area (Å²) in [7, 11) is 1.59. The Balaban J connectivity index is 1.56. The summed E-state index contributed by atoms with van der Waals surface area (Å²) in [5.74, 6) is 0.879. The first-order valence-electron chi connectivity index (χ1n) is 7.87. The molecule has 0 N–H and O–H groups in total. The molecule has 4 atom stereocenters. The standard InChI is InChI=1S/C18H17NO3/c1-22-11-4-2-3-10(9-11)19-16(20)14-12-5-6-13(15(14)17(19)21)18(12)7-8-18/h2-6,9,12-15H,7-8H2,1H3/t12-,13+,14+,15-. The Morgan fingerprint density at radius 3 is 2.27 bits per heavy atom. The van der Waals surface area contributed by atoms with Crippen LogP contribution < -0.4 is 9.64 Å². The molecule has 2 amide bonds. The van der Waals surface area contributed by atoms with Crippen molar-refractivity contribution in [1.29, 1.82) is 0 Å². The molecule has 1 heterocycles. The fraction of sp³-hybridized carbons (Fsp3) is 0.444. The zero-order chi connectivity index (χ0) is 15.1. The topological polar surface area (TPSA) is 46.6 Å². The predicted molar refractivity (Wildman–Crippen MR) is 80.3 cm³/mol. The van der Waals surface area contributed by atoms with Gasteiger partial charge >= 0.3 is 0 Å². The van der Waals surface area contributed by atoms with Gasteiger partial charge in [-0.2, -0.15) is 0 Å². The monoisotopic (exact) mass is 295 g/mol. The van der Waals surface area contributed by atoms with Crippen LogP contribution in [0.5, 0.6) is 5.75 Å². The van der Waals surface area contributed by atoms with Gasteiger partial charge < -0.3 is 4.74 Å². The Labute approximate surface area is 128 Å². The number of allylic oxidation sites excluding steroid dienone is 2. The Morgan fingerprint density at radius 1 is 1.09 bits per heavy atom. The molecule has 4 nitrogen and oxygen atoms in total. The van der Waals surface area contributed by atoms with Crippen molar-refractivity contribution in [2.45, 2.75) is 12.8 Å². The van der Waals surface area contributed by atoms with E-state index in [0.717, 1.165) is 0 Å². The van der Waals surface area contributed by atoms with Crippen molar-refractivity contribution < 1.29 is 14.3 Å². The first-order chi connectivity index (χ1) is 10.7. The highest BCUT2D eigenvalue weighted by Crippen LogP contribution is 2.73. The lowest BCUT2D eigenvalue weighted by molar-refractivity contribution is -0.123. The van der Waals surface area contributed by atoms with Crippen LogP contribution in [0.25, 0.3) is 0 Å². The third-order valence-corrected chi connectivity index (χ3v) is 6.16. The van der Waals surface area contributed by atoms with Gasteiger partial charge in [-0.1, -0.05) is 18.2 Å². The number of imide groups is 1. The Morgan fingerprint density at radius 2 is 1.73 bits per heavy atom. The molecule has 2 bridgehead atoms. The van der Waals surface area contributed by atoms with Gasteiger partial charge in [0.25, 0.3) is 0 Å². The molecular weight excluding hydrogens is 278 g/mol. The number of hydrogen-bond donors (Lipinski definition) is 0. The summed E-state index contributed by atoms with van der Waals surface area (Å²) in [5, 5.41) is 0. The van der Waals surface area contributed by atoms with Crippen LogP contribution in [-0.2, 0) is 9.59 Å². The van der Waals surface area contributed by atoms with Crippen molar-refractivity contribution in [2.75, 3.05) is 12.0 Å². The summed E-state index contributed by atoms with van der Waals surface area (Å²) in [6.45, 7) is 0. The SMILES string of the molecule is COc1cccc(N2C(=O)[C@@H]3[C@H](C2=O)[C@@H]2C=C[C@H]3C23CC3)c1. The molecule has 2 saturated carbocycles. The van der Waals surface area contributed by atoms with E-state index in [1.54, 1.807) is 13.2 Å². The number of benzene rings is 1. The molecule has 1 spiro atoms. The van der Waals surface area contributed by atoms with Gasteiger partial charge in [0.2, 0.25) is 11.8 Å². The number of rotatable bonds is 2. The van der Waals surface area contributed by atoms with E-state index in [1.165, 1.54) is 17.7 Å². The molecule has 0 aromatic heterocycles. The van der Waals surface area contributed by atoms with Gasteiger partial charge in [0.05, 0.1) is 24.6 Å². The number of carbonyl (C=O) groups excluding carboxylic acids is 2. The number of anilines is 1. The van der Waals surface area contributed by atoms with E-state index in [1.807, 2.05) is 18.2 Å². The van der Waals surface area contributed by atoms with Gasteiger partial charge in [0, 0.05) is 6.07 Å². The van der Waals surface area contributed by atoms with E-state index < -0.39 is 0 Å². The molecule has 5 rings (SSSR count). The molecule has 112 valence electrons. The van der Waals surface area contributed by atoms with Gasteiger partial charge in [-0.3, -0.25) is 9.59 Å². The van der Waals surface area contributed by atoms with Crippen LogP contribution in [0.2, 0.25) is 0 Å². The van der Waals surface area contributed by atoms with Crippen LogP contribution in [-0.4, -0.2) is 18.9 Å². The van der Waals surface area contributed by atoms with Gasteiger partial charge in [-0.15, -0.1) is 0 Å². The third kappa shape index (κ3) is 1.25. The number of fused-ring (bicyclic) bond motifs is 3. The van der Waals surface area contributed by atoms with Gasteiger partial charge in [-0.25, -0.2) is 4.90 Å². The number of ether oxygens (including phenoxy) is 1. The molecule has 1 aromatic rings. The molecule has 1 aliphatic heterocycles. The van der Waals surface area contributed by atoms with Gasteiger partial charge in [-0.05, 0) is 42.2 Å². The molecule has 1 saturated heterocycles. The molecule has 1 aromatic carbocycles. The fourth-order valence-electron chi connectivity index (χ4n) is 5.08. The summed E-state index contributed by atoms with van der Waals surface area (Å²) in [6.07, 6.45) is 6.72. The van der Waals surface area contributed by atoms with Crippen molar-refractivity contribution in [3.8, 4) is 5.75 Å². The van der Waals surface area contributed by atoms with Crippen molar-refractivity contribution >= 4 is 17.5 Å². The minimum Gasteiger partial charge on any atom is -0.497 e. The fourth-order valence-corrected chi connectivity index (χ4v) is 5.08. The van der Waals surface area contributed by atoms with E-state index >= 15 is 0 Å². The first-order valence-corrected chi connectivity index (χ1v) is 7.87. The van der Waals surface area contributed by atoms with Gasteiger partial charge in [0.1, 0.15) is 5.75 Å². The van der Waals surface area contributed by atoms with E-state index in [9.17, 15) is 9.59 Å². The van der Waals surface area contributed by atoms with Crippen molar-refractivity contribution in [3.05, 3.63) is 36.4 Å². The summed E-state index contributed by atoms with van der Waals surface area (Å²) in [5.41, 5.74) is 0.884. The quantitative estimate of drug-likeness (QED) is 0.622. The highest BCUT2D eigenvalue weighted by Gasteiger charge is 2.73. The largest absolute Gasteiger partial charge is 0.497 e. The number of nitrogens with zero attached hydrogens (tertiary/aromatic N) is 1. The van der Waals surface area contributed by atoms with Crippen LogP contribution in [0.3, 0.4) is 0 Å². The highest BCUT2D eigenvalue weighted by molar-refractivity contribution is 6.23. The molecule has 3 aliphatic carbocycles. The van der Waals surface area contributed by atoms with E-state index in [0.29, 0.717) is 11.4 Å². The maximum absolute atomic E-state index is 12.9. The van der Waals surface area contributed by atoms with Crippen LogP contribution in [0.15, 0.2) is 36.4 Å². The lowest BCUT2D eigenvalue weighted by Gasteiger charge is -2.22. The van der Waals surface area contributed by atoms with Crippen molar-refractivity contribution in [3.63, 3.8) is 0 Å². The maximum atomic E-state index is 12.9. The summed E-state index contributed by atoms with van der Waals surface area (Å²) in [4.78, 5) is 27.3. The molecule has 0 radical (unpaired) electrons. The van der Waals surface area contributed by atoms with E-state index in [-0.39, 0.29) is 40.9 Å². The smallest absolute Gasteiger partial charge is 0.238 e. The lowest BCUT2D eigenvalue weighted by Crippen LogP contribution is -2.34. The summed E-state index contributed by atoms with van der Waals surface area (Å²) < 4.78 is 5.21. The molecule has 0 unspecified atom stereocenters. The van der Waals surface area contributed by atoms with E-state index in [4.69, 9.17) is 4.74 Å². The second kappa shape index (κ2) is 3.80. The Kier molecular flexibility index (Phi) is 2.15. The predicted octanol–water partition coefficient (Wildman–Crippen LogP) is 2.40. The van der Waals surface area contributed by atoms with Gasteiger partial charge in [0.15, 0.2) is 0 Å². The molecule has 3 fully saturated rings. The van der Waals surface area contributed by atoms with Crippen LogP contribution in [0.1, 0.15) is 12.8 Å². The minimum absolute atomic E-state index is 0.0219. The average Bonchev–Trinajstić information content (AvgIpc) is 3.13. The summed E-state index contributed by atoms with van der Waals surface area (Å²) >= 11 is 0. The highest BCUT2D eigenvalue weighted by atomic mass is 16.5. The van der Waals surface area contributed by atoms with Crippen molar-refractivity contribution in [1.82, 2.24) is 0 Å². The zero-order valence-electron chi connectivity index (χ0n) is 12.4. The zero-order valence-corrected chi connectivity index (χ0v) is 12.4. The first kappa shape index (κ1) is 12.4. The van der Waals surface area contributed by atoms with Crippen LogP contribution >= 0.6 is 0 Å². The number of methoxy groups -OCH3 is 1. The Bertz CT molecular complexity index is 700. The second-order valence-corrected chi connectivity index (χ2v) is 6.93. The third-order valence-electron chi connectivity index (χ3n) is 6.16. The summed E-state index contributed by atoms with van der Waals surface area (Å²) in [6, 6.07) is 7.21.